The Kier molecular flexibility index (Phi) is 3.25. The molecule has 3 heteroatoms. The minimum Gasteiger partial charge on any atom is -0.372 e. The van der Waals surface area contributed by atoms with Crippen molar-refractivity contribution < 1.29 is 0 Å². The predicted molar refractivity (Wildman–Crippen MR) is 72.7 cm³/mol. The third-order valence-corrected chi connectivity index (χ3v) is 3.23. The molecule has 0 atom stereocenters. The Labute approximate surface area is 101 Å². The topological polar surface area (TPSA) is 19.0 Å². The summed E-state index contributed by atoms with van der Waals surface area (Å²) in [5, 5.41) is 1.12. The number of benzene rings is 1. The van der Waals surface area contributed by atoms with E-state index in [1.165, 1.54) is 5.69 Å². The van der Waals surface area contributed by atoms with Gasteiger partial charge in [0.15, 0.2) is 0 Å². The molecule has 0 bridgehead atoms. The number of rotatable bonds is 3. The van der Waals surface area contributed by atoms with E-state index < -0.39 is 0 Å². The lowest BCUT2D eigenvalue weighted by molar-refractivity contribution is 0.867. The summed E-state index contributed by atoms with van der Waals surface area (Å²) in [6, 6.07) is 8.33. The molecule has 0 fully saturated rings. The second-order valence-corrected chi connectivity index (χ2v) is 4.18. The monoisotopic (exact) mass is 232 g/mol. The molecule has 0 saturated heterocycles. The molecule has 0 spiro atoms. The molecule has 2 aromatic rings. The fraction of sp³-hybridized carbons (Fsp3) is 0.308. The molecule has 0 aliphatic carbocycles. The molecule has 0 saturated carbocycles. The van der Waals surface area contributed by atoms with Gasteiger partial charge in [-0.25, -0.2) is 0 Å². The summed E-state index contributed by atoms with van der Waals surface area (Å²) < 4.78 is 0.903. The van der Waals surface area contributed by atoms with Crippen molar-refractivity contribution in [3.8, 4) is 0 Å². The van der Waals surface area contributed by atoms with E-state index in [0.717, 1.165) is 28.5 Å². The maximum absolute atomic E-state index is 5.29. The zero-order valence-electron chi connectivity index (χ0n) is 9.66. The standard InChI is InChI=1S/C13H16N2S/c1-3-15(4-2)10-5-6-11-12(9-10)14-8-7-13(11)16/h5-9H,3-4H2,1-2H3,(H,14,16). The van der Waals surface area contributed by atoms with Gasteiger partial charge in [-0.1, -0.05) is 12.2 Å². The zero-order chi connectivity index (χ0) is 11.5. The molecule has 84 valence electrons. The average Bonchev–Trinajstić information content (AvgIpc) is 2.31. The first-order chi connectivity index (χ1) is 7.76. The normalized spacial score (nSPS) is 10.6. The van der Waals surface area contributed by atoms with Gasteiger partial charge in [0.05, 0.1) is 0 Å². The van der Waals surface area contributed by atoms with Crippen LogP contribution in [0.15, 0.2) is 30.5 Å². The molecular formula is C13H16N2S. The molecule has 0 aliphatic heterocycles. The van der Waals surface area contributed by atoms with Gasteiger partial charge < -0.3 is 9.88 Å². The second kappa shape index (κ2) is 4.66. The molecule has 0 unspecified atom stereocenters. The van der Waals surface area contributed by atoms with Crippen molar-refractivity contribution in [3.05, 3.63) is 35.0 Å². The third-order valence-electron chi connectivity index (χ3n) is 2.87. The molecule has 1 aromatic carbocycles. The largest absolute Gasteiger partial charge is 0.372 e. The first-order valence-corrected chi connectivity index (χ1v) is 6.03. The van der Waals surface area contributed by atoms with Crippen molar-refractivity contribution in [2.75, 3.05) is 18.0 Å². The summed E-state index contributed by atoms with van der Waals surface area (Å²) in [5.74, 6) is 0. The van der Waals surface area contributed by atoms with Gasteiger partial charge in [-0.2, -0.15) is 0 Å². The van der Waals surface area contributed by atoms with E-state index in [2.05, 4.69) is 41.9 Å². The fourth-order valence-corrected chi connectivity index (χ4v) is 2.19. The van der Waals surface area contributed by atoms with Gasteiger partial charge in [0.2, 0.25) is 0 Å². The summed E-state index contributed by atoms with van der Waals surface area (Å²) in [4.78, 5) is 5.56. The van der Waals surface area contributed by atoms with E-state index >= 15 is 0 Å². The Balaban J connectivity index is 2.56. The molecule has 0 aliphatic rings. The average molecular weight is 232 g/mol. The number of nitrogens with zero attached hydrogens (tertiary/aromatic N) is 1. The summed E-state index contributed by atoms with van der Waals surface area (Å²) >= 11 is 5.29. The number of anilines is 1. The van der Waals surface area contributed by atoms with Crippen LogP contribution in [0.1, 0.15) is 13.8 Å². The van der Waals surface area contributed by atoms with E-state index in [4.69, 9.17) is 12.2 Å². The van der Waals surface area contributed by atoms with Gasteiger partial charge in [-0.3, -0.25) is 0 Å². The number of hydrogen-bond donors (Lipinski definition) is 1. The lowest BCUT2D eigenvalue weighted by Crippen LogP contribution is -2.21. The Hall–Kier alpha value is -1.35. The molecule has 16 heavy (non-hydrogen) atoms. The predicted octanol–water partition coefficient (Wildman–Crippen LogP) is 3.74. The van der Waals surface area contributed by atoms with Crippen LogP contribution in [0.2, 0.25) is 0 Å². The van der Waals surface area contributed by atoms with Crippen molar-refractivity contribution in [3.63, 3.8) is 0 Å². The quantitative estimate of drug-likeness (QED) is 0.813. The number of aromatic nitrogens is 1. The summed E-state index contributed by atoms with van der Waals surface area (Å²) in [5.41, 5.74) is 2.35. The van der Waals surface area contributed by atoms with Crippen LogP contribution in [0.5, 0.6) is 0 Å². The van der Waals surface area contributed by atoms with Gasteiger partial charge in [-0.15, -0.1) is 0 Å². The van der Waals surface area contributed by atoms with Crippen molar-refractivity contribution in [1.82, 2.24) is 4.98 Å². The summed E-state index contributed by atoms with van der Waals surface area (Å²) in [6.07, 6.45) is 1.90. The molecule has 2 rings (SSSR count). The third kappa shape index (κ3) is 1.95. The fourth-order valence-electron chi connectivity index (χ4n) is 1.95. The van der Waals surface area contributed by atoms with Gasteiger partial charge >= 0.3 is 0 Å². The Morgan fingerprint density at radius 2 is 1.94 bits per heavy atom. The van der Waals surface area contributed by atoms with E-state index in [1.807, 2.05) is 12.3 Å². The van der Waals surface area contributed by atoms with Crippen molar-refractivity contribution in [1.29, 1.82) is 0 Å². The second-order valence-electron chi connectivity index (χ2n) is 3.74. The number of hydrogen-bond acceptors (Lipinski definition) is 2. The number of fused-ring (bicyclic) bond motifs is 1. The molecule has 1 heterocycles. The van der Waals surface area contributed by atoms with Crippen LogP contribution in [0.25, 0.3) is 10.9 Å². The van der Waals surface area contributed by atoms with Gasteiger partial charge in [0, 0.05) is 40.4 Å². The number of H-pyrrole nitrogens is 1. The Bertz CT molecular complexity index is 541. The van der Waals surface area contributed by atoms with Gasteiger partial charge in [0.1, 0.15) is 0 Å². The lowest BCUT2D eigenvalue weighted by atomic mass is 10.2. The first-order valence-electron chi connectivity index (χ1n) is 5.62. The lowest BCUT2D eigenvalue weighted by Gasteiger charge is -2.21. The maximum Gasteiger partial charge on any atom is 0.0488 e. The molecule has 2 nitrogen and oxygen atoms in total. The van der Waals surface area contributed by atoms with Crippen molar-refractivity contribution in [2.45, 2.75) is 13.8 Å². The van der Waals surface area contributed by atoms with E-state index in [-0.39, 0.29) is 0 Å². The smallest absolute Gasteiger partial charge is 0.0488 e. The van der Waals surface area contributed by atoms with Crippen LogP contribution in [-0.2, 0) is 0 Å². The molecule has 0 radical (unpaired) electrons. The number of pyridine rings is 1. The van der Waals surface area contributed by atoms with Crippen LogP contribution in [0, 0.1) is 4.51 Å². The highest BCUT2D eigenvalue weighted by Crippen LogP contribution is 2.21. The highest BCUT2D eigenvalue weighted by atomic mass is 32.1. The minimum atomic E-state index is 0.903. The SMILES string of the molecule is CCN(CC)c1ccc2c(=S)cc[nH]c2c1. The van der Waals surface area contributed by atoms with Crippen LogP contribution in [-0.4, -0.2) is 18.1 Å². The van der Waals surface area contributed by atoms with Crippen LogP contribution in [0.3, 0.4) is 0 Å². The maximum atomic E-state index is 5.29. The molecule has 1 N–H and O–H groups in total. The zero-order valence-corrected chi connectivity index (χ0v) is 10.5. The minimum absolute atomic E-state index is 0.903. The Morgan fingerprint density at radius 3 is 2.62 bits per heavy atom. The van der Waals surface area contributed by atoms with E-state index in [1.54, 1.807) is 0 Å². The molecule has 0 amide bonds. The molecule has 1 aromatic heterocycles. The van der Waals surface area contributed by atoms with E-state index in [9.17, 15) is 0 Å². The number of aromatic amines is 1. The Morgan fingerprint density at radius 1 is 1.19 bits per heavy atom. The van der Waals surface area contributed by atoms with E-state index in [0.29, 0.717) is 0 Å². The summed E-state index contributed by atoms with van der Waals surface area (Å²) in [7, 11) is 0. The van der Waals surface area contributed by atoms with Crippen molar-refractivity contribution in [2.24, 2.45) is 0 Å². The summed E-state index contributed by atoms with van der Waals surface area (Å²) in [6.45, 7) is 6.38. The van der Waals surface area contributed by atoms with Gasteiger partial charge in [-0.05, 0) is 38.1 Å². The van der Waals surface area contributed by atoms with Crippen molar-refractivity contribution >= 4 is 28.8 Å². The number of nitrogens with one attached hydrogen (secondary N) is 1. The highest BCUT2D eigenvalue weighted by Gasteiger charge is 2.03. The van der Waals surface area contributed by atoms with Crippen LogP contribution in [0.4, 0.5) is 5.69 Å². The van der Waals surface area contributed by atoms with Crippen LogP contribution >= 0.6 is 12.2 Å². The first kappa shape index (κ1) is 11.1. The van der Waals surface area contributed by atoms with Gasteiger partial charge in [0.25, 0.3) is 0 Å². The molecular weight excluding hydrogens is 216 g/mol. The highest BCUT2D eigenvalue weighted by molar-refractivity contribution is 7.71. The van der Waals surface area contributed by atoms with Crippen LogP contribution < -0.4 is 4.90 Å².